The molecule has 130 valence electrons. The summed E-state index contributed by atoms with van der Waals surface area (Å²) in [6.07, 6.45) is 7.45. The molecule has 1 amide bonds. The molecule has 0 N–H and O–H groups in total. The van der Waals surface area contributed by atoms with Gasteiger partial charge in [-0.05, 0) is 57.1 Å². The Hall–Kier alpha value is -2.04. The minimum Gasteiger partial charge on any atom is -0.490 e. The van der Waals surface area contributed by atoms with E-state index in [9.17, 15) is 4.79 Å². The normalized spacial score (nSPS) is 25.6. The van der Waals surface area contributed by atoms with E-state index in [4.69, 9.17) is 9.47 Å². The first-order valence-electron chi connectivity index (χ1n) is 8.57. The molecule has 3 rings (SSSR count). The lowest BCUT2D eigenvalue weighted by atomic mass is 10.1. The molecule has 1 aromatic rings. The van der Waals surface area contributed by atoms with Crippen LogP contribution >= 0.6 is 0 Å². The van der Waals surface area contributed by atoms with Gasteiger partial charge in [0.25, 0.3) is 0 Å². The van der Waals surface area contributed by atoms with Crippen LogP contribution < -0.4 is 4.74 Å². The van der Waals surface area contributed by atoms with Crippen molar-refractivity contribution < 1.29 is 14.3 Å². The Bertz CT molecular complexity index is 623. The number of pyridine rings is 1. The van der Waals surface area contributed by atoms with Crippen LogP contribution in [-0.4, -0.2) is 40.8 Å². The smallest absolute Gasteiger partial charge is 0.410 e. The van der Waals surface area contributed by atoms with E-state index in [0.717, 1.165) is 25.1 Å². The van der Waals surface area contributed by atoms with E-state index in [1.807, 2.05) is 33.0 Å². The third-order valence-electron chi connectivity index (χ3n) is 4.52. The molecule has 2 heterocycles. The van der Waals surface area contributed by atoms with Crippen molar-refractivity contribution in [2.75, 3.05) is 13.2 Å². The van der Waals surface area contributed by atoms with Gasteiger partial charge in [-0.3, -0.25) is 4.98 Å². The number of carbonyl (C=O) groups excluding carboxylic acids is 1. The average molecular weight is 330 g/mol. The lowest BCUT2D eigenvalue weighted by Crippen LogP contribution is -2.55. The van der Waals surface area contributed by atoms with Crippen molar-refractivity contribution in [1.82, 2.24) is 9.88 Å². The Labute approximate surface area is 143 Å². The minimum atomic E-state index is -0.470. The molecule has 5 heteroatoms. The maximum absolute atomic E-state index is 12.1. The highest BCUT2D eigenvalue weighted by Gasteiger charge is 2.37. The lowest BCUT2D eigenvalue weighted by molar-refractivity contribution is -0.0141. The summed E-state index contributed by atoms with van der Waals surface area (Å²) in [5, 5.41) is 0. The topological polar surface area (TPSA) is 51.7 Å². The zero-order valence-corrected chi connectivity index (χ0v) is 14.7. The first-order valence-corrected chi connectivity index (χ1v) is 8.57. The van der Waals surface area contributed by atoms with Crippen molar-refractivity contribution in [2.45, 2.75) is 51.2 Å². The first-order chi connectivity index (χ1) is 11.4. The molecule has 24 heavy (non-hydrogen) atoms. The number of allylic oxidation sites excluding steroid dienone is 1. The number of ether oxygens (including phenoxy) is 2. The van der Waals surface area contributed by atoms with Gasteiger partial charge >= 0.3 is 6.09 Å². The maximum Gasteiger partial charge on any atom is 0.410 e. The largest absolute Gasteiger partial charge is 0.490 e. The molecule has 1 unspecified atom stereocenters. The second-order valence-electron chi connectivity index (χ2n) is 7.62. The summed E-state index contributed by atoms with van der Waals surface area (Å²) in [6.45, 7) is 10.7. The summed E-state index contributed by atoms with van der Waals surface area (Å²) >= 11 is 0. The molecule has 5 nitrogen and oxygen atoms in total. The number of hydrogen-bond acceptors (Lipinski definition) is 4. The molecule has 0 radical (unpaired) electrons. The highest BCUT2D eigenvalue weighted by molar-refractivity contribution is 5.69. The van der Waals surface area contributed by atoms with Crippen LogP contribution in [0.1, 0.15) is 45.1 Å². The SMILES string of the molecule is C=C[C@H]1C[C@@H]1c1cncc(OCC2CCN2C(=O)OC(C)(C)C)c1. The van der Waals surface area contributed by atoms with Crippen LogP contribution in [-0.2, 0) is 4.74 Å². The quantitative estimate of drug-likeness (QED) is 0.771. The zero-order valence-electron chi connectivity index (χ0n) is 14.7. The van der Waals surface area contributed by atoms with Gasteiger partial charge in [0, 0.05) is 12.7 Å². The van der Waals surface area contributed by atoms with E-state index in [1.54, 1.807) is 11.1 Å². The van der Waals surface area contributed by atoms with Crippen LogP contribution in [0.4, 0.5) is 4.79 Å². The van der Waals surface area contributed by atoms with Crippen LogP contribution in [0.2, 0.25) is 0 Å². The van der Waals surface area contributed by atoms with Crippen molar-refractivity contribution in [3.8, 4) is 5.75 Å². The van der Waals surface area contributed by atoms with Crippen molar-refractivity contribution in [1.29, 1.82) is 0 Å². The number of carbonyl (C=O) groups is 1. The summed E-state index contributed by atoms with van der Waals surface area (Å²) < 4.78 is 11.3. The van der Waals surface area contributed by atoms with Gasteiger partial charge in [0.05, 0.1) is 12.2 Å². The number of aromatic nitrogens is 1. The fraction of sp³-hybridized carbons (Fsp3) is 0.579. The van der Waals surface area contributed by atoms with Crippen molar-refractivity contribution in [2.24, 2.45) is 5.92 Å². The molecular weight excluding hydrogens is 304 g/mol. The molecule has 1 aliphatic carbocycles. The van der Waals surface area contributed by atoms with E-state index in [2.05, 4.69) is 17.6 Å². The Morgan fingerprint density at radius 1 is 1.46 bits per heavy atom. The van der Waals surface area contributed by atoms with Crippen LogP contribution in [0.3, 0.4) is 0 Å². The van der Waals surface area contributed by atoms with Crippen LogP contribution in [0.25, 0.3) is 0 Å². The number of likely N-dealkylation sites (tertiary alicyclic amines) is 1. The fourth-order valence-corrected chi connectivity index (χ4v) is 2.94. The second-order valence-corrected chi connectivity index (χ2v) is 7.62. The molecule has 2 aliphatic rings. The Kier molecular flexibility index (Phi) is 4.52. The van der Waals surface area contributed by atoms with Gasteiger partial charge in [-0.2, -0.15) is 0 Å². The molecule has 1 aromatic heterocycles. The third kappa shape index (κ3) is 3.89. The summed E-state index contributed by atoms with van der Waals surface area (Å²) in [7, 11) is 0. The predicted molar refractivity (Wildman–Crippen MR) is 92.1 cm³/mol. The van der Waals surface area contributed by atoms with E-state index < -0.39 is 5.60 Å². The van der Waals surface area contributed by atoms with E-state index in [-0.39, 0.29) is 12.1 Å². The van der Waals surface area contributed by atoms with Crippen LogP contribution in [0, 0.1) is 5.92 Å². The fourth-order valence-electron chi connectivity index (χ4n) is 2.94. The summed E-state index contributed by atoms with van der Waals surface area (Å²) in [5.74, 6) is 1.86. The number of rotatable bonds is 5. The Balaban J connectivity index is 1.52. The average Bonchev–Trinajstić information content (AvgIpc) is 3.24. The molecule has 1 aliphatic heterocycles. The van der Waals surface area contributed by atoms with E-state index in [0.29, 0.717) is 18.4 Å². The third-order valence-corrected chi connectivity index (χ3v) is 4.52. The highest BCUT2D eigenvalue weighted by atomic mass is 16.6. The number of hydrogen-bond donors (Lipinski definition) is 0. The first kappa shape index (κ1) is 16.8. The van der Waals surface area contributed by atoms with Gasteiger partial charge < -0.3 is 14.4 Å². The zero-order chi connectivity index (χ0) is 17.3. The summed E-state index contributed by atoms with van der Waals surface area (Å²) in [4.78, 5) is 18.1. The van der Waals surface area contributed by atoms with Crippen molar-refractivity contribution in [3.05, 3.63) is 36.7 Å². The molecule has 1 saturated carbocycles. The molecule has 0 bridgehead atoms. The van der Waals surface area contributed by atoms with Gasteiger partial charge in [-0.25, -0.2) is 4.79 Å². The summed E-state index contributed by atoms with van der Waals surface area (Å²) in [6, 6.07) is 2.13. The Morgan fingerprint density at radius 2 is 2.25 bits per heavy atom. The molecule has 3 atom stereocenters. The molecule has 0 aromatic carbocycles. The highest BCUT2D eigenvalue weighted by Crippen LogP contribution is 2.48. The summed E-state index contributed by atoms with van der Waals surface area (Å²) in [5.41, 5.74) is 0.734. The molecular formula is C19H26N2O3. The lowest BCUT2D eigenvalue weighted by Gasteiger charge is -2.40. The monoisotopic (exact) mass is 330 g/mol. The van der Waals surface area contributed by atoms with Gasteiger partial charge in [0.15, 0.2) is 0 Å². The van der Waals surface area contributed by atoms with E-state index >= 15 is 0 Å². The van der Waals surface area contributed by atoms with Gasteiger partial charge in [-0.15, -0.1) is 6.58 Å². The maximum atomic E-state index is 12.1. The molecule has 1 saturated heterocycles. The van der Waals surface area contributed by atoms with Crippen LogP contribution in [0.15, 0.2) is 31.1 Å². The standard InChI is InChI=1S/C19H26N2O3/c1-5-13-9-17(13)14-8-16(11-20-10-14)23-12-15-6-7-21(15)18(22)24-19(2,3)4/h5,8,10-11,13,15,17H,1,6-7,9,12H2,2-4H3/t13-,15?,17-/m0/s1. The van der Waals surface area contributed by atoms with E-state index in [1.165, 1.54) is 5.56 Å². The second kappa shape index (κ2) is 6.46. The van der Waals surface area contributed by atoms with Crippen molar-refractivity contribution >= 4 is 6.09 Å². The predicted octanol–water partition coefficient (Wildman–Crippen LogP) is 3.76. The van der Waals surface area contributed by atoms with Gasteiger partial charge in [-0.1, -0.05) is 6.08 Å². The number of nitrogens with zero attached hydrogens (tertiary/aromatic N) is 2. The van der Waals surface area contributed by atoms with Crippen molar-refractivity contribution in [3.63, 3.8) is 0 Å². The Morgan fingerprint density at radius 3 is 2.83 bits per heavy atom. The van der Waals surface area contributed by atoms with Gasteiger partial charge in [0.2, 0.25) is 0 Å². The molecule has 2 fully saturated rings. The van der Waals surface area contributed by atoms with Gasteiger partial charge in [0.1, 0.15) is 18.0 Å². The van der Waals surface area contributed by atoms with Crippen LogP contribution in [0.5, 0.6) is 5.75 Å². The molecule has 0 spiro atoms. The number of amides is 1. The minimum absolute atomic E-state index is 0.0744.